The van der Waals surface area contributed by atoms with Crippen molar-refractivity contribution >= 4 is 23.3 Å². The lowest BCUT2D eigenvalue weighted by Crippen LogP contribution is -2.34. The normalized spacial score (nSPS) is 13.2. The van der Waals surface area contributed by atoms with Crippen LogP contribution in [0.3, 0.4) is 0 Å². The zero-order chi connectivity index (χ0) is 25.7. The number of benzene rings is 1. The van der Waals surface area contributed by atoms with Gasteiger partial charge >= 0.3 is 6.09 Å². The molecule has 1 aliphatic rings. The Morgan fingerprint density at radius 2 is 1.92 bits per heavy atom. The number of carbonyl (C=O) groups excluding carboxylic acids is 2. The Labute approximate surface area is 214 Å². The maximum absolute atomic E-state index is 13.2. The SMILES string of the molecule is CN(C(=O)CCCNC(=O)OC(C)(C)C)C(c1ccc2c(c1)OCO2)c1nc(-c2ccncc2)cs1. The lowest BCUT2D eigenvalue weighted by molar-refractivity contribution is -0.131. The van der Waals surface area contributed by atoms with E-state index in [1.54, 1.807) is 45.1 Å². The van der Waals surface area contributed by atoms with E-state index in [4.69, 9.17) is 19.2 Å². The minimum atomic E-state index is -0.569. The fourth-order valence-corrected chi connectivity index (χ4v) is 4.74. The molecule has 0 spiro atoms. The van der Waals surface area contributed by atoms with Crippen molar-refractivity contribution in [3.63, 3.8) is 0 Å². The molecule has 4 rings (SSSR count). The van der Waals surface area contributed by atoms with E-state index in [-0.39, 0.29) is 19.1 Å². The zero-order valence-corrected chi connectivity index (χ0v) is 21.6. The highest BCUT2D eigenvalue weighted by Crippen LogP contribution is 2.39. The summed E-state index contributed by atoms with van der Waals surface area (Å²) in [5.74, 6) is 1.26. The third-order valence-corrected chi connectivity index (χ3v) is 6.36. The first-order valence-electron chi connectivity index (χ1n) is 11.7. The van der Waals surface area contributed by atoms with E-state index in [0.29, 0.717) is 24.5 Å². The van der Waals surface area contributed by atoms with Crippen molar-refractivity contribution in [3.8, 4) is 22.8 Å². The third kappa shape index (κ3) is 6.31. The summed E-state index contributed by atoms with van der Waals surface area (Å²) in [6, 6.07) is 9.08. The average Bonchev–Trinajstić information content (AvgIpc) is 3.51. The van der Waals surface area contributed by atoms with Crippen molar-refractivity contribution in [2.24, 2.45) is 0 Å². The molecule has 0 aliphatic carbocycles. The summed E-state index contributed by atoms with van der Waals surface area (Å²) < 4.78 is 16.3. The summed E-state index contributed by atoms with van der Waals surface area (Å²) in [6.45, 7) is 5.93. The van der Waals surface area contributed by atoms with E-state index in [2.05, 4.69) is 10.3 Å². The van der Waals surface area contributed by atoms with Gasteiger partial charge in [-0.15, -0.1) is 11.3 Å². The molecule has 1 N–H and O–H groups in total. The molecule has 10 heteroatoms. The number of fused-ring (bicyclic) bond motifs is 1. The molecule has 3 heterocycles. The summed E-state index contributed by atoms with van der Waals surface area (Å²) in [4.78, 5) is 35.7. The van der Waals surface area contributed by atoms with Gasteiger partial charge in [-0.2, -0.15) is 0 Å². The van der Waals surface area contributed by atoms with Crippen LogP contribution < -0.4 is 14.8 Å². The van der Waals surface area contributed by atoms with Crippen molar-refractivity contribution < 1.29 is 23.8 Å². The van der Waals surface area contributed by atoms with Gasteiger partial charge in [0.25, 0.3) is 0 Å². The Morgan fingerprint density at radius 3 is 2.67 bits per heavy atom. The molecule has 36 heavy (non-hydrogen) atoms. The van der Waals surface area contributed by atoms with Gasteiger partial charge in [0.1, 0.15) is 16.7 Å². The maximum atomic E-state index is 13.2. The molecule has 2 amide bonds. The second kappa shape index (κ2) is 10.9. The molecule has 0 saturated heterocycles. The number of pyridine rings is 1. The fraction of sp³-hybridized carbons (Fsp3) is 0.385. The number of rotatable bonds is 8. The van der Waals surface area contributed by atoms with Crippen LogP contribution in [0.25, 0.3) is 11.3 Å². The van der Waals surface area contributed by atoms with E-state index in [0.717, 1.165) is 21.8 Å². The first kappa shape index (κ1) is 25.4. The number of nitrogens with zero attached hydrogens (tertiary/aromatic N) is 3. The molecule has 0 saturated carbocycles. The number of thiazole rings is 1. The van der Waals surface area contributed by atoms with Crippen LogP contribution in [0.2, 0.25) is 0 Å². The van der Waals surface area contributed by atoms with Crippen LogP contribution in [-0.2, 0) is 9.53 Å². The molecule has 1 aromatic carbocycles. The minimum Gasteiger partial charge on any atom is -0.454 e. The molecule has 9 nitrogen and oxygen atoms in total. The van der Waals surface area contributed by atoms with Crippen molar-refractivity contribution in [2.45, 2.75) is 45.3 Å². The van der Waals surface area contributed by atoms with E-state index in [1.165, 1.54) is 11.3 Å². The van der Waals surface area contributed by atoms with Gasteiger partial charge in [-0.25, -0.2) is 9.78 Å². The largest absolute Gasteiger partial charge is 0.454 e. The Morgan fingerprint density at radius 1 is 1.17 bits per heavy atom. The van der Waals surface area contributed by atoms with Gasteiger partial charge in [0, 0.05) is 43.4 Å². The predicted octanol–water partition coefficient (Wildman–Crippen LogP) is 4.79. The van der Waals surface area contributed by atoms with Crippen molar-refractivity contribution in [3.05, 3.63) is 58.7 Å². The molecule has 2 aromatic heterocycles. The van der Waals surface area contributed by atoms with Gasteiger partial charge in [-0.1, -0.05) is 6.07 Å². The summed E-state index contributed by atoms with van der Waals surface area (Å²) in [6.07, 6.45) is 3.70. The Balaban J connectivity index is 1.49. The van der Waals surface area contributed by atoms with Crippen LogP contribution in [0, 0.1) is 0 Å². The third-order valence-electron chi connectivity index (χ3n) is 5.46. The van der Waals surface area contributed by atoms with E-state index >= 15 is 0 Å². The van der Waals surface area contributed by atoms with Crippen molar-refractivity contribution in [1.29, 1.82) is 0 Å². The van der Waals surface area contributed by atoms with Crippen LogP contribution in [0.4, 0.5) is 4.79 Å². The second-order valence-corrected chi connectivity index (χ2v) is 10.2. The van der Waals surface area contributed by atoms with Crippen molar-refractivity contribution in [1.82, 2.24) is 20.2 Å². The predicted molar refractivity (Wildman–Crippen MR) is 136 cm³/mol. The van der Waals surface area contributed by atoms with Gasteiger partial charge in [-0.05, 0) is 57.0 Å². The number of aromatic nitrogens is 2. The number of carbonyl (C=O) groups is 2. The highest BCUT2D eigenvalue weighted by Gasteiger charge is 2.28. The molecule has 1 atom stereocenters. The smallest absolute Gasteiger partial charge is 0.407 e. The van der Waals surface area contributed by atoms with E-state index < -0.39 is 17.7 Å². The van der Waals surface area contributed by atoms with Gasteiger partial charge in [0.05, 0.1) is 5.69 Å². The van der Waals surface area contributed by atoms with Crippen LogP contribution in [0.5, 0.6) is 11.5 Å². The molecule has 0 radical (unpaired) electrons. The number of alkyl carbamates (subject to hydrolysis) is 1. The van der Waals surface area contributed by atoms with Crippen LogP contribution in [0.15, 0.2) is 48.1 Å². The zero-order valence-electron chi connectivity index (χ0n) is 20.8. The molecule has 190 valence electrons. The van der Waals surface area contributed by atoms with Crippen LogP contribution >= 0.6 is 11.3 Å². The monoisotopic (exact) mass is 510 g/mol. The molecule has 1 aliphatic heterocycles. The second-order valence-electron chi connectivity index (χ2n) is 9.36. The minimum absolute atomic E-state index is 0.0654. The van der Waals surface area contributed by atoms with Gasteiger partial charge < -0.3 is 24.4 Å². The van der Waals surface area contributed by atoms with Crippen LogP contribution in [-0.4, -0.2) is 52.9 Å². The number of amides is 2. The molecule has 3 aromatic rings. The van der Waals surface area contributed by atoms with Crippen LogP contribution in [0.1, 0.15) is 50.2 Å². The standard InChI is InChI=1S/C26H30N4O5S/c1-26(2,3)35-25(32)28-11-5-6-22(31)30(4)23(18-7-8-20-21(14-18)34-16-33-20)24-29-19(15-36-24)17-9-12-27-13-10-17/h7-10,12-15,23H,5-6,11,16H2,1-4H3,(H,28,32). The number of ether oxygens (including phenoxy) is 3. The van der Waals surface area contributed by atoms with E-state index in [9.17, 15) is 9.59 Å². The Bertz CT molecular complexity index is 1210. The van der Waals surface area contributed by atoms with E-state index in [1.807, 2.05) is 35.7 Å². The lowest BCUT2D eigenvalue weighted by Gasteiger charge is -2.27. The summed E-state index contributed by atoms with van der Waals surface area (Å²) in [5, 5.41) is 5.46. The molecular formula is C26H30N4O5S. The maximum Gasteiger partial charge on any atom is 0.407 e. The molecule has 1 unspecified atom stereocenters. The quantitative estimate of drug-likeness (QED) is 0.435. The summed E-state index contributed by atoms with van der Waals surface area (Å²) in [5.41, 5.74) is 2.09. The first-order chi connectivity index (χ1) is 17.2. The summed E-state index contributed by atoms with van der Waals surface area (Å²) >= 11 is 1.49. The average molecular weight is 511 g/mol. The number of hydrogen-bond donors (Lipinski definition) is 1. The highest BCUT2D eigenvalue weighted by atomic mass is 32.1. The van der Waals surface area contributed by atoms with Gasteiger partial charge in [0.15, 0.2) is 11.5 Å². The topological polar surface area (TPSA) is 103 Å². The number of hydrogen-bond acceptors (Lipinski definition) is 8. The molecular weight excluding hydrogens is 480 g/mol. The molecule has 0 bridgehead atoms. The van der Waals surface area contributed by atoms with Gasteiger partial charge in [-0.3, -0.25) is 9.78 Å². The highest BCUT2D eigenvalue weighted by molar-refractivity contribution is 7.10. The number of nitrogens with one attached hydrogen (secondary N) is 1. The summed E-state index contributed by atoms with van der Waals surface area (Å²) in [7, 11) is 1.77. The Hall–Kier alpha value is -3.66. The Kier molecular flexibility index (Phi) is 7.73. The fourth-order valence-electron chi connectivity index (χ4n) is 3.75. The molecule has 0 fully saturated rings. The first-order valence-corrected chi connectivity index (χ1v) is 12.6. The van der Waals surface area contributed by atoms with Gasteiger partial charge in [0.2, 0.25) is 12.7 Å². The lowest BCUT2D eigenvalue weighted by atomic mass is 10.0. The van der Waals surface area contributed by atoms with Crippen molar-refractivity contribution in [2.75, 3.05) is 20.4 Å².